The molecule has 1 saturated carbocycles. The molecule has 0 bridgehead atoms. The first-order chi connectivity index (χ1) is 10.1. The van der Waals surface area contributed by atoms with Crippen LogP contribution < -0.4 is 0 Å². The third kappa shape index (κ3) is 3.02. The molecule has 114 valence electrons. The molecule has 1 fully saturated rings. The zero-order chi connectivity index (χ0) is 15.0. The second-order valence-electron chi connectivity index (χ2n) is 5.75. The smallest absolute Gasteiger partial charge is 0.124 e. The molecule has 2 aromatic rings. The molecule has 0 saturated heterocycles. The van der Waals surface area contributed by atoms with Crippen molar-refractivity contribution in [2.24, 2.45) is 5.41 Å². The fourth-order valence-electron chi connectivity index (χ4n) is 2.77. The van der Waals surface area contributed by atoms with E-state index in [1.54, 1.807) is 13.2 Å². The molecule has 1 aliphatic rings. The van der Waals surface area contributed by atoms with Crippen LogP contribution in [0, 0.1) is 5.41 Å². The molecule has 0 atom stereocenters. The van der Waals surface area contributed by atoms with Gasteiger partial charge in [0.2, 0.25) is 0 Å². The van der Waals surface area contributed by atoms with Gasteiger partial charge in [-0.15, -0.1) is 11.6 Å². The summed E-state index contributed by atoms with van der Waals surface area (Å²) in [7, 11) is 1.74. The number of alkyl halides is 1. The van der Waals surface area contributed by atoms with Crippen LogP contribution in [0.4, 0.5) is 0 Å². The van der Waals surface area contributed by atoms with Crippen molar-refractivity contribution in [3.05, 3.63) is 28.0 Å². The van der Waals surface area contributed by atoms with Gasteiger partial charge in [-0.2, -0.15) is 0 Å². The van der Waals surface area contributed by atoms with Gasteiger partial charge in [0.25, 0.3) is 0 Å². The maximum atomic E-state index is 6.16. The summed E-state index contributed by atoms with van der Waals surface area (Å²) in [5.74, 6) is 1.25. The van der Waals surface area contributed by atoms with Crippen molar-refractivity contribution in [3.63, 3.8) is 0 Å². The molecule has 0 amide bonds. The van der Waals surface area contributed by atoms with Gasteiger partial charge in [-0.1, -0.05) is 23.2 Å². The van der Waals surface area contributed by atoms with Crippen molar-refractivity contribution < 1.29 is 4.74 Å². The SMILES string of the molecule is COCCC1(Cn2c(CCl)nc3cc(Cl)c(Cl)cc32)CC1. The van der Waals surface area contributed by atoms with Gasteiger partial charge in [0, 0.05) is 20.3 Å². The predicted molar refractivity (Wildman–Crippen MR) is 87.5 cm³/mol. The van der Waals surface area contributed by atoms with Crippen LogP contribution in [0.3, 0.4) is 0 Å². The van der Waals surface area contributed by atoms with E-state index in [9.17, 15) is 0 Å². The van der Waals surface area contributed by atoms with E-state index in [2.05, 4.69) is 9.55 Å². The van der Waals surface area contributed by atoms with Gasteiger partial charge in [0.15, 0.2) is 0 Å². The van der Waals surface area contributed by atoms with Gasteiger partial charge in [0.1, 0.15) is 5.82 Å². The molecule has 1 heterocycles. The van der Waals surface area contributed by atoms with E-state index in [0.717, 1.165) is 36.4 Å². The van der Waals surface area contributed by atoms with Gasteiger partial charge in [-0.25, -0.2) is 4.98 Å². The summed E-state index contributed by atoms with van der Waals surface area (Å²) in [5.41, 5.74) is 2.17. The van der Waals surface area contributed by atoms with Crippen LogP contribution in [-0.2, 0) is 17.2 Å². The molecule has 3 rings (SSSR count). The quantitative estimate of drug-likeness (QED) is 0.695. The average molecular weight is 348 g/mol. The number of methoxy groups -OCH3 is 1. The lowest BCUT2D eigenvalue weighted by Gasteiger charge is -2.17. The number of hydrogen-bond donors (Lipinski definition) is 0. The topological polar surface area (TPSA) is 27.1 Å². The van der Waals surface area contributed by atoms with Crippen LogP contribution >= 0.6 is 34.8 Å². The first-order valence-electron chi connectivity index (χ1n) is 6.98. The number of fused-ring (bicyclic) bond motifs is 1. The molecule has 1 aromatic carbocycles. The third-order valence-corrected chi connectivity index (χ3v) is 5.24. The van der Waals surface area contributed by atoms with E-state index in [0.29, 0.717) is 21.3 Å². The Labute approximate surface area is 139 Å². The minimum atomic E-state index is 0.316. The molecule has 0 aliphatic heterocycles. The maximum absolute atomic E-state index is 6.16. The van der Waals surface area contributed by atoms with Crippen molar-refractivity contribution in [1.82, 2.24) is 9.55 Å². The molecule has 0 N–H and O–H groups in total. The third-order valence-electron chi connectivity index (χ3n) is 4.28. The van der Waals surface area contributed by atoms with Crippen LogP contribution in [0.15, 0.2) is 12.1 Å². The highest BCUT2D eigenvalue weighted by Crippen LogP contribution is 2.51. The Hall–Kier alpha value is -0.480. The normalized spacial score (nSPS) is 16.6. The number of nitrogens with zero attached hydrogens (tertiary/aromatic N) is 2. The number of benzene rings is 1. The van der Waals surface area contributed by atoms with Crippen molar-refractivity contribution in [3.8, 4) is 0 Å². The van der Waals surface area contributed by atoms with Crippen molar-refractivity contribution in [2.75, 3.05) is 13.7 Å². The molecule has 3 nitrogen and oxygen atoms in total. The number of rotatable bonds is 6. The second-order valence-corrected chi connectivity index (χ2v) is 6.83. The Morgan fingerprint density at radius 1 is 1.29 bits per heavy atom. The molecule has 1 aliphatic carbocycles. The number of hydrogen-bond acceptors (Lipinski definition) is 2. The summed E-state index contributed by atoms with van der Waals surface area (Å²) in [6, 6.07) is 3.69. The predicted octanol–water partition coefficient (Wildman–Crippen LogP) is 4.90. The highest BCUT2D eigenvalue weighted by Gasteiger charge is 2.43. The van der Waals surface area contributed by atoms with E-state index in [1.807, 2.05) is 6.07 Å². The maximum Gasteiger partial charge on any atom is 0.124 e. The fourth-order valence-corrected chi connectivity index (χ4v) is 3.29. The van der Waals surface area contributed by atoms with Crippen molar-refractivity contribution in [1.29, 1.82) is 0 Å². The number of ether oxygens (including phenoxy) is 1. The summed E-state index contributed by atoms with van der Waals surface area (Å²) in [6.07, 6.45) is 3.50. The highest BCUT2D eigenvalue weighted by atomic mass is 35.5. The molecule has 21 heavy (non-hydrogen) atoms. The Bertz CT molecular complexity index is 664. The lowest BCUT2D eigenvalue weighted by molar-refractivity contribution is 0.167. The Kier molecular flexibility index (Phi) is 4.37. The van der Waals surface area contributed by atoms with Crippen molar-refractivity contribution in [2.45, 2.75) is 31.7 Å². The summed E-state index contributed by atoms with van der Waals surface area (Å²) in [4.78, 5) is 4.58. The van der Waals surface area contributed by atoms with E-state index in [-0.39, 0.29) is 0 Å². The van der Waals surface area contributed by atoms with E-state index < -0.39 is 0 Å². The van der Waals surface area contributed by atoms with Gasteiger partial charge < -0.3 is 9.30 Å². The molecular formula is C15H17Cl3N2O. The minimum Gasteiger partial charge on any atom is -0.385 e. The van der Waals surface area contributed by atoms with E-state index in [1.165, 1.54) is 12.8 Å². The summed E-state index contributed by atoms with van der Waals surface area (Å²) >= 11 is 18.3. The van der Waals surface area contributed by atoms with Crippen LogP contribution in [0.5, 0.6) is 0 Å². The molecule has 0 radical (unpaired) electrons. The zero-order valence-electron chi connectivity index (χ0n) is 11.8. The monoisotopic (exact) mass is 346 g/mol. The fraction of sp³-hybridized carbons (Fsp3) is 0.533. The molecule has 0 unspecified atom stereocenters. The van der Waals surface area contributed by atoms with Crippen LogP contribution in [0.25, 0.3) is 11.0 Å². The van der Waals surface area contributed by atoms with Gasteiger partial charge in [-0.05, 0) is 36.8 Å². The van der Waals surface area contributed by atoms with Gasteiger partial charge >= 0.3 is 0 Å². The largest absolute Gasteiger partial charge is 0.385 e. The molecule has 0 spiro atoms. The summed E-state index contributed by atoms with van der Waals surface area (Å²) in [6.45, 7) is 1.70. The van der Waals surface area contributed by atoms with Crippen molar-refractivity contribution >= 4 is 45.8 Å². The Balaban J connectivity index is 1.98. The van der Waals surface area contributed by atoms with Gasteiger partial charge in [0.05, 0.1) is 27.0 Å². The Morgan fingerprint density at radius 2 is 2.00 bits per heavy atom. The highest BCUT2D eigenvalue weighted by molar-refractivity contribution is 6.42. The lowest BCUT2D eigenvalue weighted by atomic mass is 10.0. The Morgan fingerprint density at radius 3 is 2.62 bits per heavy atom. The second kappa shape index (κ2) is 5.96. The minimum absolute atomic E-state index is 0.316. The number of imidazole rings is 1. The first kappa shape index (κ1) is 15.4. The number of halogens is 3. The van der Waals surface area contributed by atoms with Crippen LogP contribution in [-0.4, -0.2) is 23.3 Å². The van der Waals surface area contributed by atoms with E-state index in [4.69, 9.17) is 39.5 Å². The zero-order valence-corrected chi connectivity index (χ0v) is 14.1. The lowest BCUT2D eigenvalue weighted by Crippen LogP contribution is -2.15. The van der Waals surface area contributed by atoms with Gasteiger partial charge in [-0.3, -0.25) is 0 Å². The van der Waals surface area contributed by atoms with Crippen LogP contribution in [0.2, 0.25) is 10.0 Å². The van der Waals surface area contributed by atoms with Crippen LogP contribution in [0.1, 0.15) is 25.1 Å². The first-order valence-corrected chi connectivity index (χ1v) is 8.27. The number of aromatic nitrogens is 2. The molecule has 1 aromatic heterocycles. The summed E-state index contributed by atoms with van der Waals surface area (Å²) < 4.78 is 7.41. The summed E-state index contributed by atoms with van der Waals surface area (Å²) in [5, 5.41) is 1.07. The molecular weight excluding hydrogens is 331 g/mol. The average Bonchev–Trinajstić information content (AvgIpc) is 3.16. The molecule has 6 heteroatoms. The standard InChI is InChI=1S/C15H17Cl3N2O/c1-21-5-4-15(2-3-15)9-20-13-7-11(18)10(17)6-12(13)19-14(20)8-16/h6-7H,2-5,8-9H2,1H3. The van der Waals surface area contributed by atoms with E-state index >= 15 is 0 Å².